The van der Waals surface area contributed by atoms with Crippen molar-refractivity contribution in [2.75, 3.05) is 13.7 Å². The summed E-state index contributed by atoms with van der Waals surface area (Å²) in [6.45, 7) is 2.22. The van der Waals surface area contributed by atoms with E-state index >= 15 is 0 Å². The number of ether oxygens (including phenoxy) is 2. The Bertz CT molecular complexity index is 2010. The number of nitrogens with zero attached hydrogens (tertiary/aromatic N) is 1. The third-order valence-corrected chi connectivity index (χ3v) is 8.81. The summed E-state index contributed by atoms with van der Waals surface area (Å²) in [7, 11) is 1.31. The van der Waals surface area contributed by atoms with Gasteiger partial charge in [-0.2, -0.15) is 0 Å². The molecule has 1 amide bonds. The van der Waals surface area contributed by atoms with E-state index in [1.165, 1.54) is 26.2 Å². The largest absolute Gasteiger partial charge is 0.506 e. The van der Waals surface area contributed by atoms with Crippen LogP contribution in [0.5, 0.6) is 28.7 Å². The lowest BCUT2D eigenvalue weighted by atomic mass is 9.78. The van der Waals surface area contributed by atoms with Crippen LogP contribution in [0, 0.1) is 0 Å². The number of carbonyl (C=O) groups is 2. The summed E-state index contributed by atoms with van der Waals surface area (Å²) in [5, 5.41) is 54.5. The van der Waals surface area contributed by atoms with Gasteiger partial charge in [-0.25, -0.2) is 4.79 Å². The highest BCUT2D eigenvalue weighted by molar-refractivity contribution is 6.09. The molecule has 3 aromatic carbocycles. The van der Waals surface area contributed by atoms with Crippen molar-refractivity contribution in [3.8, 4) is 39.9 Å². The highest BCUT2D eigenvalue weighted by Crippen LogP contribution is 2.55. The van der Waals surface area contributed by atoms with E-state index in [4.69, 9.17) is 13.9 Å². The maximum absolute atomic E-state index is 13.9. The molecule has 0 saturated carbocycles. The lowest BCUT2D eigenvalue weighted by Gasteiger charge is -2.43. The van der Waals surface area contributed by atoms with Crippen LogP contribution in [0.2, 0.25) is 0 Å². The fourth-order valence-electron chi connectivity index (χ4n) is 6.85. The maximum atomic E-state index is 13.9. The summed E-state index contributed by atoms with van der Waals surface area (Å²) >= 11 is 0. The Labute approximate surface area is 236 Å². The van der Waals surface area contributed by atoms with Crippen molar-refractivity contribution >= 4 is 33.8 Å². The zero-order valence-electron chi connectivity index (χ0n) is 22.7. The minimum Gasteiger partial charge on any atom is -0.506 e. The molecule has 1 fully saturated rings. The second-order valence-electron chi connectivity index (χ2n) is 11.3. The molecule has 12 heteroatoms. The molecule has 0 spiro atoms. The Morgan fingerprint density at radius 3 is 2.33 bits per heavy atom. The number of carbonyl (C=O) groups excluding carboxylic acids is 2. The van der Waals surface area contributed by atoms with Gasteiger partial charge in [-0.05, 0) is 49.9 Å². The van der Waals surface area contributed by atoms with Crippen LogP contribution >= 0.6 is 0 Å². The van der Waals surface area contributed by atoms with Gasteiger partial charge in [0.15, 0.2) is 34.1 Å². The van der Waals surface area contributed by atoms with Gasteiger partial charge in [-0.15, -0.1) is 0 Å². The maximum Gasteiger partial charge on any atom is 0.336 e. The number of phenolic OH excluding ortho intramolecular Hbond substituents is 4. The number of amides is 1. The fourth-order valence-corrected chi connectivity index (χ4v) is 6.85. The van der Waals surface area contributed by atoms with Crippen LogP contribution in [-0.2, 0) is 28.8 Å². The first-order valence-corrected chi connectivity index (χ1v) is 13.2. The minimum absolute atomic E-state index is 0.00444. The average molecular weight is 576 g/mol. The molecule has 2 atom stereocenters. The first-order valence-electron chi connectivity index (χ1n) is 13.2. The van der Waals surface area contributed by atoms with Crippen LogP contribution in [-0.4, -0.2) is 67.3 Å². The molecular formula is C30H25NO11. The van der Waals surface area contributed by atoms with Crippen molar-refractivity contribution in [1.29, 1.82) is 0 Å². The number of aliphatic hydroxyl groups excluding tert-OH is 1. The average Bonchev–Trinajstić information content (AvgIpc) is 3.15. The second kappa shape index (κ2) is 8.07. The molecule has 3 heterocycles. The number of aromatic hydroxyl groups is 4. The summed E-state index contributed by atoms with van der Waals surface area (Å²) in [5.41, 5.74) is -3.33. The minimum atomic E-state index is -1.69. The number of benzene rings is 3. The fraction of sp³-hybridized carbons (Fsp3) is 0.300. The highest BCUT2D eigenvalue weighted by atomic mass is 16.6. The number of phenols is 4. The predicted octanol–water partition coefficient (Wildman–Crippen LogP) is 2.57. The molecule has 42 heavy (non-hydrogen) atoms. The summed E-state index contributed by atoms with van der Waals surface area (Å²) in [4.78, 5) is 41.4. The highest BCUT2D eigenvalue weighted by Gasteiger charge is 2.63. The molecule has 2 aliphatic heterocycles. The van der Waals surface area contributed by atoms with Crippen LogP contribution < -0.4 is 10.2 Å². The quantitative estimate of drug-likeness (QED) is 0.134. The van der Waals surface area contributed by atoms with E-state index in [-0.39, 0.29) is 57.4 Å². The van der Waals surface area contributed by atoms with Crippen molar-refractivity contribution in [3.05, 3.63) is 50.7 Å². The van der Waals surface area contributed by atoms with E-state index in [0.29, 0.717) is 17.5 Å². The molecule has 1 aliphatic carbocycles. The van der Waals surface area contributed by atoms with E-state index < -0.39 is 63.6 Å². The molecule has 1 saturated heterocycles. The summed E-state index contributed by atoms with van der Waals surface area (Å²) in [6, 6.07) is 4.46. The zero-order chi connectivity index (χ0) is 30.0. The molecular weight excluding hydrogens is 550 g/mol. The van der Waals surface area contributed by atoms with E-state index in [1.807, 2.05) is 0 Å². The van der Waals surface area contributed by atoms with Crippen LogP contribution in [0.25, 0.3) is 33.1 Å². The van der Waals surface area contributed by atoms with Crippen LogP contribution in [0.15, 0.2) is 27.4 Å². The van der Waals surface area contributed by atoms with Gasteiger partial charge in [0.05, 0.1) is 19.3 Å². The van der Waals surface area contributed by atoms with Gasteiger partial charge >= 0.3 is 5.97 Å². The van der Waals surface area contributed by atoms with Crippen LogP contribution in [0.3, 0.4) is 0 Å². The zero-order valence-corrected chi connectivity index (χ0v) is 22.7. The number of methoxy groups -OCH3 is 1. The molecule has 5 N–H and O–H groups in total. The van der Waals surface area contributed by atoms with Crippen molar-refractivity contribution in [2.45, 2.75) is 44.4 Å². The predicted molar refractivity (Wildman–Crippen MR) is 146 cm³/mol. The Kier molecular flexibility index (Phi) is 4.99. The smallest absolute Gasteiger partial charge is 0.336 e. The number of rotatable bonds is 2. The van der Waals surface area contributed by atoms with Gasteiger partial charge in [-0.3, -0.25) is 14.5 Å². The van der Waals surface area contributed by atoms with Crippen molar-refractivity contribution in [3.63, 3.8) is 0 Å². The van der Waals surface area contributed by atoms with Gasteiger partial charge < -0.3 is 39.4 Å². The molecule has 3 aliphatic rings. The van der Waals surface area contributed by atoms with Gasteiger partial charge in [0.25, 0.3) is 5.91 Å². The molecule has 4 aromatic rings. The molecule has 12 nitrogen and oxygen atoms in total. The number of esters is 1. The molecule has 2 unspecified atom stereocenters. The number of hydrogen-bond acceptors (Lipinski definition) is 11. The molecule has 0 bridgehead atoms. The number of hydrogen-bond donors (Lipinski definition) is 5. The van der Waals surface area contributed by atoms with Crippen molar-refractivity contribution < 1.29 is 49.0 Å². The first-order chi connectivity index (χ1) is 19.9. The summed E-state index contributed by atoms with van der Waals surface area (Å²) in [5.74, 6) is -3.62. The van der Waals surface area contributed by atoms with Gasteiger partial charge in [-0.1, -0.05) is 6.07 Å². The number of aryl methyl sites for hydroxylation is 1. The topological polar surface area (TPSA) is 187 Å². The molecule has 7 rings (SSSR count). The third kappa shape index (κ3) is 2.91. The van der Waals surface area contributed by atoms with E-state index in [0.717, 1.165) is 4.90 Å². The lowest BCUT2D eigenvalue weighted by Crippen LogP contribution is -2.60. The van der Waals surface area contributed by atoms with Gasteiger partial charge in [0.1, 0.15) is 27.9 Å². The lowest BCUT2D eigenvalue weighted by molar-refractivity contribution is -0.151. The number of fused-ring (bicyclic) bond motifs is 7. The normalized spacial score (nSPS) is 22.5. The second-order valence-corrected chi connectivity index (χ2v) is 11.3. The van der Waals surface area contributed by atoms with E-state index in [9.17, 15) is 39.9 Å². The standard InChI is InChI=1S/C30H25NO11/c1-29(10-32)28(39)42-30(2)9-12-8-11-4-5-13-18(16(11)23(35)17(12)27(38)31(29)30)24(36)20-25(37)19-14(41-26(20)21(13)33)6-7-15(40-3)22(19)34/h6-8,32-36H,4-5,9-10H2,1-3H3. The SMILES string of the molecule is COc1ccc2oc3c(O)c4c(c(O)c3c(=O)c2c1O)-c1c(cc2c(c1O)C(=O)N1C(C)(C2)OC(=O)C1(C)CO)CC4. The van der Waals surface area contributed by atoms with Gasteiger partial charge in [0.2, 0.25) is 5.43 Å². The summed E-state index contributed by atoms with van der Waals surface area (Å²) in [6.07, 6.45) is 0.523. The third-order valence-electron chi connectivity index (χ3n) is 8.81. The van der Waals surface area contributed by atoms with Crippen LogP contribution in [0.4, 0.5) is 0 Å². The Morgan fingerprint density at radius 2 is 1.64 bits per heavy atom. The Balaban J connectivity index is 1.53. The van der Waals surface area contributed by atoms with E-state index in [1.54, 1.807) is 13.0 Å². The molecule has 1 aromatic heterocycles. The van der Waals surface area contributed by atoms with Crippen molar-refractivity contribution in [2.24, 2.45) is 0 Å². The van der Waals surface area contributed by atoms with Crippen LogP contribution in [0.1, 0.15) is 40.9 Å². The Hall–Kier alpha value is -4.97. The monoisotopic (exact) mass is 575 g/mol. The number of aliphatic hydroxyl groups is 1. The van der Waals surface area contributed by atoms with Gasteiger partial charge in [0, 0.05) is 23.1 Å². The molecule has 0 radical (unpaired) electrons. The van der Waals surface area contributed by atoms with E-state index in [2.05, 4.69) is 0 Å². The molecule has 216 valence electrons. The van der Waals surface area contributed by atoms with Crippen molar-refractivity contribution in [1.82, 2.24) is 4.90 Å². The first kappa shape index (κ1) is 26.0. The summed E-state index contributed by atoms with van der Waals surface area (Å²) < 4.78 is 16.5. The Morgan fingerprint density at radius 1 is 0.905 bits per heavy atom.